The van der Waals surface area contributed by atoms with Crippen LogP contribution in [-0.2, 0) is 14.3 Å². The van der Waals surface area contributed by atoms with Gasteiger partial charge in [-0.3, -0.25) is 9.59 Å². The second kappa shape index (κ2) is 4.15. The lowest BCUT2D eigenvalue weighted by atomic mass is 9.64. The molecule has 1 saturated carbocycles. The standard InChI is InChI=1S/C15H20O5/c1-8-3-4-9-10(7-16)13(18)20-12(9)14(2)11(17)5-6-15(8,14)19/h5-6,8-10,12,16,19H,3-4,7H2,1-2H3. The Morgan fingerprint density at radius 2 is 2.10 bits per heavy atom. The van der Waals surface area contributed by atoms with Crippen LogP contribution in [-0.4, -0.2) is 40.3 Å². The van der Waals surface area contributed by atoms with Crippen LogP contribution in [0.25, 0.3) is 0 Å². The Balaban J connectivity index is 2.11. The zero-order chi connectivity index (χ0) is 14.7. The lowest BCUT2D eigenvalue weighted by molar-refractivity contribution is -0.166. The maximum atomic E-state index is 12.4. The summed E-state index contributed by atoms with van der Waals surface area (Å²) >= 11 is 0. The summed E-state index contributed by atoms with van der Waals surface area (Å²) in [6.45, 7) is 3.32. The zero-order valence-corrected chi connectivity index (χ0v) is 11.7. The molecule has 3 aliphatic rings. The van der Waals surface area contributed by atoms with E-state index in [0.29, 0.717) is 12.8 Å². The Bertz CT molecular complexity index is 498. The lowest BCUT2D eigenvalue weighted by Gasteiger charge is -2.43. The Hall–Kier alpha value is -1.20. The monoisotopic (exact) mass is 280 g/mol. The summed E-state index contributed by atoms with van der Waals surface area (Å²) in [5, 5.41) is 20.4. The molecule has 6 unspecified atom stereocenters. The minimum atomic E-state index is -1.28. The minimum absolute atomic E-state index is 0.0983. The van der Waals surface area contributed by atoms with Gasteiger partial charge in [0.2, 0.25) is 0 Å². The first-order chi connectivity index (χ1) is 9.36. The van der Waals surface area contributed by atoms with E-state index in [0.717, 1.165) is 0 Å². The van der Waals surface area contributed by atoms with E-state index in [9.17, 15) is 19.8 Å². The van der Waals surface area contributed by atoms with Crippen molar-refractivity contribution in [3.8, 4) is 0 Å². The molecule has 0 amide bonds. The number of esters is 1. The molecule has 0 aromatic heterocycles. The number of ketones is 1. The maximum absolute atomic E-state index is 12.4. The van der Waals surface area contributed by atoms with Gasteiger partial charge in [-0.05, 0) is 37.8 Å². The lowest BCUT2D eigenvalue weighted by Crippen LogP contribution is -2.56. The van der Waals surface area contributed by atoms with Gasteiger partial charge in [-0.25, -0.2) is 0 Å². The topological polar surface area (TPSA) is 83.8 Å². The van der Waals surface area contributed by atoms with Gasteiger partial charge in [0.1, 0.15) is 11.7 Å². The van der Waals surface area contributed by atoms with E-state index >= 15 is 0 Å². The zero-order valence-electron chi connectivity index (χ0n) is 11.7. The fourth-order valence-corrected chi connectivity index (χ4v) is 4.25. The Labute approximate surface area is 117 Å². The molecule has 2 aliphatic carbocycles. The van der Waals surface area contributed by atoms with Gasteiger partial charge in [0.05, 0.1) is 17.9 Å². The Kier molecular flexibility index (Phi) is 2.86. The van der Waals surface area contributed by atoms with Gasteiger partial charge in [-0.15, -0.1) is 0 Å². The molecule has 0 aromatic rings. The van der Waals surface area contributed by atoms with Gasteiger partial charge in [0.15, 0.2) is 5.78 Å². The van der Waals surface area contributed by atoms with Gasteiger partial charge in [0, 0.05) is 5.92 Å². The normalized spacial score (nSPS) is 50.6. The third kappa shape index (κ3) is 1.40. The third-order valence-electron chi connectivity index (χ3n) is 5.73. The third-order valence-corrected chi connectivity index (χ3v) is 5.73. The van der Waals surface area contributed by atoms with Crippen LogP contribution in [0.1, 0.15) is 26.7 Å². The maximum Gasteiger partial charge on any atom is 0.312 e. The highest BCUT2D eigenvalue weighted by Crippen LogP contribution is 2.56. The first-order valence-corrected chi connectivity index (χ1v) is 7.13. The first-order valence-electron chi connectivity index (χ1n) is 7.13. The van der Waals surface area contributed by atoms with Crippen molar-refractivity contribution in [1.82, 2.24) is 0 Å². The van der Waals surface area contributed by atoms with Crippen LogP contribution in [0.15, 0.2) is 12.2 Å². The summed E-state index contributed by atoms with van der Waals surface area (Å²) in [4.78, 5) is 24.3. The van der Waals surface area contributed by atoms with E-state index in [2.05, 4.69) is 0 Å². The molecule has 0 radical (unpaired) electrons. The number of carbonyl (C=O) groups is 2. The van der Waals surface area contributed by atoms with Gasteiger partial charge in [0.25, 0.3) is 0 Å². The van der Waals surface area contributed by atoms with Crippen molar-refractivity contribution in [2.75, 3.05) is 6.61 Å². The summed E-state index contributed by atoms with van der Waals surface area (Å²) in [7, 11) is 0. The van der Waals surface area contributed by atoms with Crippen LogP contribution in [0.3, 0.4) is 0 Å². The number of hydrogen-bond acceptors (Lipinski definition) is 5. The molecule has 1 saturated heterocycles. The van der Waals surface area contributed by atoms with Crippen LogP contribution in [0, 0.1) is 23.2 Å². The molecule has 1 aliphatic heterocycles. The highest BCUT2D eigenvalue weighted by atomic mass is 16.6. The average molecular weight is 280 g/mol. The highest BCUT2D eigenvalue weighted by molar-refractivity contribution is 6.00. The Morgan fingerprint density at radius 1 is 1.40 bits per heavy atom. The Morgan fingerprint density at radius 3 is 2.75 bits per heavy atom. The molecule has 1 heterocycles. The van der Waals surface area contributed by atoms with Gasteiger partial charge in [-0.2, -0.15) is 0 Å². The van der Waals surface area contributed by atoms with E-state index in [1.54, 1.807) is 13.0 Å². The number of hydrogen-bond donors (Lipinski definition) is 2. The summed E-state index contributed by atoms with van der Waals surface area (Å²) < 4.78 is 5.43. The van der Waals surface area contributed by atoms with Crippen molar-refractivity contribution < 1.29 is 24.5 Å². The average Bonchev–Trinajstić information content (AvgIpc) is 2.84. The number of aliphatic hydroxyl groups is 2. The fraction of sp³-hybridized carbons (Fsp3) is 0.733. The number of rotatable bonds is 1. The summed E-state index contributed by atoms with van der Waals surface area (Å²) in [6.07, 6.45) is 3.66. The van der Waals surface area contributed by atoms with Crippen molar-refractivity contribution >= 4 is 11.8 Å². The molecule has 20 heavy (non-hydrogen) atoms. The summed E-state index contributed by atoms with van der Waals surface area (Å²) in [6, 6.07) is 0. The molecule has 6 atom stereocenters. The second-order valence-electron chi connectivity index (χ2n) is 6.51. The molecule has 5 nitrogen and oxygen atoms in total. The van der Waals surface area contributed by atoms with Crippen molar-refractivity contribution in [3.05, 3.63) is 12.2 Å². The molecule has 3 rings (SSSR count). The number of fused-ring (bicyclic) bond motifs is 3. The van der Waals surface area contributed by atoms with Crippen LogP contribution in [0.5, 0.6) is 0 Å². The number of aliphatic hydroxyl groups excluding tert-OH is 1. The fourth-order valence-electron chi connectivity index (χ4n) is 4.25. The molecular weight excluding hydrogens is 260 g/mol. The largest absolute Gasteiger partial charge is 0.461 e. The van der Waals surface area contributed by atoms with Gasteiger partial charge < -0.3 is 14.9 Å². The first kappa shape index (κ1) is 13.8. The molecule has 0 bridgehead atoms. The van der Waals surface area contributed by atoms with Crippen molar-refractivity contribution in [2.24, 2.45) is 23.2 Å². The highest BCUT2D eigenvalue weighted by Gasteiger charge is 2.67. The van der Waals surface area contributed by atoms with Crippen LogP contribution in [0.4, 0.5) is 0 Å². The predicted molar refractivity (Wildman–Crippen MR) is 69.5 cm³/mol. The molecule has 2 N–H and O–H groups in total. The van der Waals surface area contributed by atoms with Crippen molar-refractivity contribution in [1.29, 1.82) is 0 Å². The van der Waals surface area contributed by atoms with E-state index in [1.165, 1.54) is 6.08 Å². The molecular formula is C15H20O5. The quantitative estimate of drug-likeness (QED) is 0.681. The van der Waals surface area contributed by atoms with E-state index < -0.39 is 29.0 Å². The molecule has 2 fully saturated rings. The second-order valence-corrected chi connectivity index (χ2v) is 6.51. The summed E-state index contributed by atoms with van der Waals surface area (Å²) in [5.74, 6) is -1.55. The molecule has 0 aromatic carbocycles. The smallest absolute Gasteiger partial charge is 0.312 e. The van der Waals surface area contributed by atoms with E-state index in [4.69, 9.17) is 4.74 Å². The number of allylic oxidation sites excluding steroid dienone is 1. The predicted octanol–water partition coefficient (Wildman–Crippen LogP) is 0.443. The van der Waals surface area contributed by atoms with Crippen LogP contribution < -0.4 is 0 Å². The number of ether oxygens (including phenoxy) is 1. The van der Waals surface area contributed by atoms with Crippen LogP contribution in [0.2, 0.25) is 0 Å². The summed E-state index contributed by atoms with van der Waals surface area (Å²) in [5.41, 5.74) is -2.43. The number of carbonyl (C=O) groups excluding carboxylic acids is 2. The van der Waals surface area contributed by atoms with Crippen molar-refractivity contribution in [2.45, 2.75) is 38.4 Å². The van der Waals surface area contributed by atoms with E-state index in [-0.39, 0.29) is 24.2 Å². The molecule has 5 heteroatoms. The van der Waals surface area contributed by atoms with Crippen LogP contribution >= 0.6 is 0 Å². The van der Waals surface area contributed by atoms with Crippen molar-refractivity contribution in [3.63, 3.8) is 0 Å². The minimum Gasteiger partial charge on any atom is -0.461 e. The van der Waals surface area contributed by atoms with E-state index in [1.807, 2.05) is 6.92 Å². The SMILES string of the molecule is CC1CCC2C(CO)C(=O)OC2C2(C)C(=O)C=CC12O. The van der Waals surface area contributed by atoms with Gasteiger partial charge >= 0.3 is 5.97 Å². The molecule has 110 valence electrons. The van der Waals surface area contributed by atoms with Gasteiger partial charge in [-0.1, -0.05) is 6.92 Å². The molecule has 0 spiro atoms.